The first-order chi connectivity index (χ1) is 11.5. The Bertz CT molecular complexity index is 847. The van der Waals surface area contributed by atoms with Crippen LogP contribution in [-0.4, -0.2) is 20.9 Å². The van der Waals surface area contributed by atoms with Crippen LogP contribution < -0.4 is 4.74 Å². The number of aryl methyl sites for hydroxylation is 2. The number of carboxylic acids is 1. The monoisotopic (exact) mass is 334 g/mol. The number of rotatable bonds is 4. The number of carbonyl (C=O) groups is 1. The molecule has 0 saturated heterocycles. The van der Waals surface area contributed by atoms with E-state index >= 15 is 0 Å². The molecule has 0 saturated carbocycles. The fourth-order valence-electron chi connectivity index (χ4n) is 2.30. The van der Waals surface area contributed by atoms with E-state index in [1.165, 1.54) is 4.68 Å². The summed E-state index contributed by atoms with van der Waals surface area (Å²) < 4.78 is 25.8. The molecule has 0 spiro atoms. The third kappa shape index (κ3) is 3.24. The normalized spacial score (nSPS) is 10.4. The molecule has 0 radical (unpaired) electrons. The molecule has 0 aliphatic heterocycles. The molecule has 0 fully saturated rings. The number of fused-ring (bicyclic) bond motifs is 1. The number of halogens is 1. The lowest BCUT2D eigenvalue weighted by molar-refractivity contribution is 0.0697. The minimum atomic E-state index is -1.06. The van der Waals surface area contributed by atoms with E-state index in [1.54, 1.807) is 32.2 Å². The molecule has 0 atom stereocenters. The van der Waals surface area contributed by atoms with Gasteiger partial charge in [-0.3, -0.25) is 4.68 Å². The summed E-state index contributed by atoms with van der Waals surface area (Å²) in [6.07, 6.45) is 1.11. The summed E-state index contributed by atoms with van der Waals surface area (Å²) in [7, 11) is 1.62. The van der Waals surface area contributed by atoms with Gasteiger partial charge in [-0.2, -0.15) is 5.10 Å². The molecule has 2 heterocycles. The van der Waals surface area contributed by atoms with Crippen LogP contribution >= 0.6 is 0 Å². The van der Waals surface area contributed by atoms with Crippen molar-refractivity contribution in [1.29, 1.82) is 0 Å². The van der Waals surface area contributed by atoms with Gasteiger partial charge >= 0.3 is 5.97 Å². The van der Waals surface area contributed by atoms with Crippen molar-refractivity contribution in [1.82, 2.24) is 9.78 Å². The largest absolute Gasteiger partial charge is 0.487 e. The van der Waals surface area contributed by atoms with Crippen molar-refractivity contribution >= 4 is 16.9 Å². The predicted molar refractivity (Wildman–Crippen MR) is 86.8 cm³/mol. The standard InChI is InChI=1S/C15H13FN2O4.C2H6/c1-8-14(15(19)20)10-5-9(3-4-13(10)22-8)21-7-12-11(16)6-17-18(12)2;1-2/h3-6H,7H2,1-2H3,(H,19,20);1-2H3. The number of nitrogens with zero attached hydrogens (tertiary/aromatic N) is 2. The van der Waals surface area contributed by atoms with Gasteiger partial charge in [0.25, 0.3) is 0 Å². The summed E-state index contributed by atoms with van der Waals surface area (Å²) in [6.45, 7) is 5.59. The smallest absolute Gasteiger partial charge is 0.339 e. The minimum absolute atomic E-state index is 0.00687. The van der Waals surface area contributed by atoms with E-state index in [-0.39, 0.29) is 12.2 Å². The number of benzene rings is 1. The first kappa shape index (κ1) is 17.5. The van der Waals surface area contributed by atoms with Gasteiger partial charge in [-0.05, 0) is 25.1 Å². The number of hydrogen-bond donors (Lipinski definition) is 1. The molecule has 0 aliphatic rings. The highest BCUT2D eigenvalue weighted by atomic mass is 19.1. The van der Waals surface area contributed by atoms with Gasteiger partial charge in [-0.1, -0.05) is 13.8 Å². The maximum Gasteiger partial charge on any atom is 0.339 e. The first-order valence-electron chi connectivity index (χ1n) is 7.53. The molecule has 2 aromatic heterocycles. The van der Waals surface area contributed by atoms with Gasteiger partial charge < -0.3 is 14.3 Å². The van der Waals surface area contributed by atoms with Gasteiger partial charge in [-0.25, -0.2) is 9.18 Å². The van der Waals surface area contributed by atoms with Crippen LogP contribution in [-0.2, 0) is 13.7 Å². The van der Waals surface area contributed by atoms with E-state index in [9.17, 15) is 14.3 Å². The Morgan fingerprint density at radius 3 is 2.71 bits per heavy atom. The van der Waals surface area contributed by atoms with Crippen molar-refractivity contribution in [3.63, 3.8) is 0 Å². The van der Waals surface area contributed by atoms with Crippen LogP contribution in [0.15, 0.2) is 28.8 Å². The van der Waals surface area contributed by atoms with E-state index in [0.29, 0.717) is 28.2 Å². The lowest BCUT2D eigenvalue weighted by atomic mass is 10.1. The summed E-state index contributed by atoms with van der Waals surface area (Å²) in [5.41, 5.74) is 0.878. The molecule has 24 heavy (non-hydrogen) atoms. The van der Waals surface area contributed by atoms with E-state index in [4.69, 9.17) is 9.15 Å². The molecule has 1 N–H and O–H groups in total. The Balaban J connectivity index is 0.00000100. The first-order valence-corrected chi connectivity index (χ1v) is 7.53. The maximum atomic E-state index is 13.5. The van der Waals surface area contributed by atoms with Crippen LogP contribution in [0.4, 0.5) is 4.39 Å². The van der Waals surface area contributed by atoms with Crippen LogP contribution in [0, 0.1) is 12.7 Å². The van der Waals surface area contributed by atoms with Gasteiger partial charge in [0.2, 0.25) is 0 Å². The molecule has 1 aromatic carbocycles. The molecule has 3 rings (SSSR count). The minimum Gasteiger partial charge on any atom is -0.487 e. The van der Waals surface area contributed by atoms with Crippen LogP contribution in [0.1, 0.15) is 35.7 Å². The second-order valence-electron chi connectivity index (χ2n) is 4.85. The zero-order valence-corrected chi connectivity index (χ0v) is 14.0. The van der Waals surface area contributed by atoms with Crippen molar-refractivity contribution in [2.45, 2.75) is 27.4 Å². The summed E-state index contributed by atoms with van der Waals surface area (Å²) >= 11 is 0. The summed E-state index contributed by atoms with van der Waals surface area (Å²) in [5.74, 6) is -0.756. The predicted octanol–water partition coefficient (Wildman–Crippen LogP) is 3.92. The lowest BCUT2D eigenvalue weighted by Gasteiger charge is -2.06. The van der Waals surface area contributed by atoms with E-state index in [1.807, 2.05) is 13.8 Å². The molecule has 7 heteroatoms. The van der Waals surface area contributed by atoms with Crippen molar-refractivity contribution in [3.8, 4) is 5.75 Å². The van der Waals surface area contributed by atoms with Crippen molar-refractivity contribution in [2.75, 3.05) is 0 Å². The molecule has 0 aliphatic carbocycles. The highest BCUT2D eigenvalue weighted by Crippen LogP contribution is 2.29. The Labute approximate surface area is 138 Å². The number of aromatic carboxylic acids is 1. The second kappa shape index (κ2) is 7.16. The molecule has 128 valence electrons. The fraction of sp³-hybridized carbons (Fsp3) is 0.294. The summed E-state index contributed by atoms with van der Waals surface area (Å²) in [5, 5.41) is 13.5. The van der Waals surface area contributed by atoms with Crippen molar-refractivity contribution in [3.05, 3.63) is 47.2 Å². The Hall–Kier alpha value is -2.83. The molecule has 3 aromatic rings. The Kier molecular flexibility index (Phi) is 5.23. The lowest BCUT2D eigenvalue weighted by Crippen LogP contribution is -2.04. The Morgan fingerprint density at radius 1 is 1.42 bits per heavy atom. The highest BCUT2D eigenvalue weighted by Gasteiger charge is 2.18. The molecular formula is C17H19FN2O4. The number of ether oxygens (including phenoxy) is 1. The third-order valence-electron chi connectivity index (χ3n) is 3.44. The van der Waals surface area contributed by atoms with Crippen molar-refractivity contribution in [2.24, 2.45) is 7.05 Å². The topological polar surface area (TPSA) is 77.5 Å². The van der Waals surface area contributed by atoms with Crippen LogP contribution in [0.5, 0.6) is 5.75 Å². The van der Waals surface area contributed by atoms with Gasteiger partial charge in [0.15, 0.2) is 5.82 Å². The highest BCUT2D eigenvalue weighted by molar-refractivity contribution is 6.03. The van der Waals surface area contributed by atoms with Crippen LogP contribution in [0.25, 0.3) is 11.0 Å². The quantitative estimate of drug-likeness (QED) is 0.782. The van der Waals surface area contributed by atoms with E-state index in [0.717, 1.165) is 6.20 Å². The van der Waals surface area contributed by atoms with E-state index in [2.05, 4.69) is 5.10 Å². The maximum absolute atomic E-state index is 13.5. The van der Waals surface area contributed by atoms with Gasteiger partial charge in [0, 0.05) is 12.4 Å². The van der Waals surface area contributed by atoms with Crippen molar-refractivity contribution < 1.29 is 23.4 Å². The Morgan fingerprint density at radius 2 is 2.12 bits per heavy atom. The number of aromatic nitrogens is 2. The number of hydrogen-bond acceptors (Lipinski definition) is 4. The van der Waals surface area contributed by atoms with Gasteiger partial charge in [-0.15, -0.1) is 0 Å². The fourth-order valence-corrected chi connectivity index (χ4v) is 2.30. The molecule has 0 unspecified atom stereocenters. The molecule has 0 amide bonds. The molecule has 6 nitrogen and oxygen atoms in total. The zero-order valence-electron chi connectivity index (χ0n) is 14.0. The van der Waals surface area contributed by atoms with E-state index < -0.39 is 11.8 Å². The third-order valence-corrected chi connectivity index (χ3v) is 3.44. The molecular weight excluding hydrogens is 315 g/mol. The van der Waals surface area contributed by atoms with Gasteiger partial charge in [0.05, 0.1) is 6.20 Å². The SMILES string of the molecule is CC.Cc1oc2ccc(OCc3c(F)cnn3C)cc2c1C(=O)O. The average molecular weight is 334 g/mol. The van der Waals surface area contributed by atoms with Crippen LogP contribution in [0.3, 0.4) is 0 Å². The van der Waals surface area contributed by atoms with Gasteiger partial charge in [0.1, 0.15) is 35.0 Å². The number of furan rings is 1. The average Bonchev–Trinajstić information content (AvgIpc) is 3.05. The zero-order chi connectivity index (χ0) is 17.9. The van der Waals surface area contributed by atoms with Crippen LogP contribution in [0.2, 0.25) is 0 Å². The number of carboxylic acid groups (broad SMARTS) is 1. The molecule has 0 bridgehead atoms. The summed E-state index contributed by atoms with van der Waals surface area (Å²) in [4.78, 5) is 11.3. The summed E-state index contributed by atoms with van der Waals surface area (Å²) in [6, 6.07) is 4.85. The second-order valence-corrected chi connectivity index (χ2v) is 4.85.